The first-order valence-electron chi connectivity index (χ1n) is 6.69. The van der Waals surface area contributed by atoms with Crippen molar-refractivity contribution in [2.24, 2.45) is 0 Å². The first-order chi connectivity index (χ1) is 9.01. The lowest BCUT2D eigenvalue weighted by Crippen LogP contribution is -2.31. The van der Waals surface area contributed by atoms with Gasteiger partial charge >= 0.3 is 5.97 Å². The molecular weight excluding hydrogens is 244 g/mol. The first-order valence-corrected chi connectivity index (χ1v) is 6.69. The molecule has 0 amide bonds. The van der Waals surface area contributed by atoms with Crippen molar-refractivity contribution in [1.29, 1.82) is 0 Å². The summed E-state index contributed by atoms with van der Waals surface area (Å²) in [4.78, 5) is 17.9. The Morgan fingerprint density at radius 3 is 2.84 bits per heavy atom. The highest BCUT2D eigenvalue weighted by Gasteiger charge is 2.17. The third-order valence-electron chi connectivity index (χ3n) is 3.38. The van der Waals surface area contributed by atoms with E-state index in [-0.39, 0.29) is 5.69 Å². The smallest absolute Gasteiger partial charge is 0.360 e. The SMILES string of the molecule is CCOC(=O)c1ncn(CCN(C)C(C)CC)c1N. The van der Waals surface area contributed by atoms with Crippen LogP contribution in [0.5, 0.6) is 0 Å². The van der Waals surface area contributed by atoms with Crippen LogP contribution in [0.3, 0.4) is 0 Å². The van der Waals surface area contributed by atoms with Crippen LogP contribution in [0.1, 0.15) is 37.7 Å². The van der Waals surface area contributed by atoms with E-state index in [1.54, 1.807) is 17.8 Å². The Labute approximate surface area is 114 Å². The number of likely N-dealkylation sites (N-methyl/N-ethyl adjacent to an activating group) is 1. The Balaban J connectivity index is 2.63. The molecule has 0 fully saturated rings. The maximum absolute atomic E-state index is 11.6. The monoisotopic (exact) mass is 268 g/mol. The number of rotatable bonds is 7. The van der Waals surface area contributed by atoms with E-state index in [4.69, 9.17) is 10.5 Å². The largest absolute Gasteiger partial charge is 0.461 e. The zero-order valence-corrected chi connectivity index (χ0v) is 12.2. The molecular formula is C13H24N4O2. The number of carbonyl (C=O) groups is 1. The zero-order chi connectivity index (χ0) is 14.4. The van der Waals surface area contributed by atoms with E-state index in [0.717, 1.165) is 13.0 Å². The summed E-state index contributed by atoms with van der Waals surface area (Å²) in [6.45, 7) is 7.98. The fourth-order valence-corrected chi connectivity index (χ4v) is 1.72. The van der Waals surface area contributed by atoms with Gasteiger partial charge in [0.2, 0.25) is 0 Å². The van der Waals surface area contributed by atoms with Gasteiger partial charge in [0.25, 0.3) is 0 Å². The summed E-state index contributed by atoms with van der Waals surface area (Å²) >= 11 is 0. The highest BCUT2D eigenvalue weighted by atomic mass is 16.5. The second-order valence-corrected chi connectivity index (χ2v) is 4.63. The van der Waals surface area contributed by atoms with E-state index in [9.17, 15) is 4.79 Å². The molecule has 0 aliphatic carbocycles. The summed E-state index contributed by atoms with van der Waals surface area (Å²) < 4.78 is 6.68. The fourth-order valence-electron chi connectivity index (χ4n) is 1.72. The minimum Gasteiger partial charge on any atom is -0.461 e. The van der Waals surface area contributed by atoms with Gasteiger partial charge in [0.15, 0.2) is 5.69 Å². The lowest BCUT2D eigenvalue weighted by atomic mass is 10.2. The number of hydrogen-bond acceptors (Lipinski definition) is 5. The van der Waals surface area contributed by atoms with Gasteiger partial charge in [0.1, 0.15) is 5.82 Å². The molecule has 1 aromatic heterocycles. The molecule has 1 unspecified atom stereocenters. The van der Waals surface area contributed by atoms with Crippen molar-refractivity contribution >= 4 is 11.8 Å². The van der Waals surface area contributed by atoms with Crippen LogP contribution in [-0.4, -0.2) is 46.7 Å². The van der Waals surface area contributed by atoms with Gasteiger partial charge in [-0.05, 0) is 27.3 Å². The molecule has 0 radical (unpaired) electrons. The summed E-state index contributed by atoms with van der Waals surface area (Å²) in [5, 5.41) is 0. The van der Waals surface area contributed by atoms with Crippen molar-refractivity contribution in [2.45, 2.75) is 39.8 Å². The topological polar surface area (TPSA) is 73.4 Å². The van der Waals surface area contributed by atoms with Crippen LogP contribution in [0, 0.1) is 0 Å². The average molecular weight is 268 g/mol. The molecule has 0 saturated heterocycles. The molecule has 1 heterocycles. The molecule has 108 valence electrons. The van der Waals surface area contributed by atoms with Crippen LogP contribution in [0.4, 0.5) is 5.82 Å². The third kappa shape index (κ3) is 3.96. The normalized spacial score (nSPS) is 12.7. The Morgan fingerprint density at radius 1 is 1.58 bits per heavy atom. The van der Waals surface area contributed by atoms with E-state index in [0.29, 0.717) is 25.0 Å². The number of esters is 1. The van der Waals surface area contributed by atoms with Gasteiger partial charge in [0.05, 0.1) is 12.9 Å². The predicted octanol–water partition coefficient (Wildman–Crippen LogP) is 1.37. The van der Waals surface area contributed by atoms with Crippen LogP contribution in [-0.2, 0) is 11.3 Å². The van der Waals surface area contributed by atoms with E-state index in [2.05, 4.69) is 30.8 Å². The summed E-state index contributed by atoms with van der Waals surface area (Å²) in [6, 6.07) is 0.522. The molecule has 0 aliphatic rings. The number of aromatic nitrogens is 2. The Morgan fingerprint density at radius 2 is 2.26 bits per heavy atom. The van der Waals surface area contributed by atoms with Gasteiger partial charge in [-0.1, -0.05) is 6.92 Å². The molecule has 1 rings (SSSR count). The highest BCUT2D eigenvalue weighted by Crippen LogP contribution is 2.12. The lowest BCUT2D eigenvalue weighted by molar-refractivity contribution is 0.0521. The molecule has 1 atom stereocenters. The van der Waals surface area contributed by atoms with Crippen molar-refractivity contribution < 1.29 is 9.53 Å². The second-order valence-electron chi connectivity index (χ2n) is 4.63. The molecule has 0 aromatic carbocycles. The van der Waals surface area contributed by atoms with Gasteiger partial charge in [-0.15, -0.1) is 0 Å². The standard InChI is InChI=1S/C13H24N4O2/c1-5-10(3)16(4)7-8-17-9-15-11(12(17)14)13(18)19-6-2/h9-10H,5-8,14H2,1-4H3. The molecule has 0 bridgehead atoms. The second kappa shape index (κ2) is 7.13. The highest BCUT2D eigenvalue weighted by molar-refractivity contribution is 5.92. The number of nitrogens with zero attached hydrogens (tertiary/aromatic N) is 3. The van der Waals surface area contributed by atoms with E-state index in [1.807, 2.05) is 0 Å². The molecule has 19 heavy (non-hydrogen) atoms. The molecule has 1 aromatic rings. The Hall–Kier alpha value is -1.56. The van der Waals surface area contributed by atoms with Crippen molar-refractivity contribution in [3.05, 3.63) is 12.0 Å². The number of imidazole rings is 1. The summed E-state index contributed by atoms with van der Waals surface area (Å²) in [7, 11) is 2.08. The number of hydrogen-bond donors (Lipinski definition) is 1. The Kier molecular flexibility index (Phi) is 5.82. The minimum atomic E-state index is -0.464. The van der Waals surface area contributed by atoms with Crippen molar-refractivity contribution in [3.8, 4) is 0 Å². The van der Waals surface area contributed by atoms with Gasteiger partial charge in [-0.2, -0.15) is 0 Å². The molecule has 0 saturated carbocycles. The zero-order valence-electron chi connectivity index (χ0n) is 12.2. The maximum atomic E-state index is 11.6. The number of nitrogens with two attached hydrogens (primary N) is 1. The van der Waals surface area contributed by atoms with Crippen LogP contribution >= 0.6 is 0 Å². The number of ether oxygens (including phenoxy) is 1. The van der Waals surface area contributed by atoms with Crippen LogP contribution < -0.4 is 5.73 Å². The van der Waals surface area contributed by atoms with E-state index >= 15 is 0 Å². The summed E-state index contributed by atoms with van der Waals surface area (Å²) in [6.07, 6.45) is 2.69. The summed E-state index contributed by atoms with van der Waals surface area (Å²) in [5.74, 6) is -0.0926. The fraction of sp³-hybridized carbons (Fsp3) is 0.692. The van der Waals surface area contributed by atoms with Crippen LogP contribution in [0.25, 0.3) is 0 Å². The van der Waals surface area contributed by atoms with Crippen LogP contribution in [0.2, 0.25) is 0 Å². The van der Waals surface area contributed by atoms with Crippen molar-refractivity contribution in [1.82, 2.24) is 14.5 Å². The van der Waals surface area contributed by atoms with E-state index < -0.39 is 5.97 Å². The lowest BCUT2D eigenvalue weighted by Gasteiger charge is -2.23. The average Bonchev–Trinajstić information content (AvgIpc) is 2.76. The third-order valence-corrected chi connectivity index (χ3v) is 3.38. The van der Waals surface area contributed by atoms with Gasteiger partial charge in [-0.25, -0.2) is 9.78 Å². The minimum absolute atomic E-state index is 0.202. The maximum Gasteiger partial charge on any atom is 0.360 e. The van der Waals surface area contributed by atoms with Crippen LogP contribution in [0.15, 0.2) is 6.33 Å². The first kappa shape index (κ1) is 15.5. The molecule has 0 aliphatic heterocycles. The number of nitrogen functional groups attached to an aromatic ring is 1. The number of anilines is 1. The molecule has 6 nitrogen and oxygen atoms in total. The van der Waals surface area contributed by atoms with Crippen molar-refractivity contribution in [3.63, 3.8) is 0 Å². The molecule has 6 heteroatoms. The van der Waals surface area contributed by atoms with Gasteiger partial charge < -0.3 is 19.9 Å². The van der Waals surface area contributed by atoms with Gasteiger partial charge in [0, 0.05) is 19.1 Å². The molecule has 0 spiro atoms. The molecule has 2 N–H and O–H groups in total. The number of carbonyl (C=O) groups excluding carboxylic acids is 1. The summed E-state index contributed by atoms with van der Waals surface area (Å²) in [5.41, 5.74) is 6.11. The Bertz CT molecular complexity index is 417. The van der Waals surface area contributed by atoms with E-state index in [1.165, 1.54) is 0 Å². The van der Waals surface area contributed by atoms with Gasteiger partial charge in [-0.3, -0.25) is 0 Å². The van der Waals surface area contributed by atoms with Crippen molar-refractivity contribution in [2.75, 3.05) is 25.9 Å². The predicted molar refractivity (Wildman–Crippen MR) is 75.0 cm³/mol. The quantitative estimate of drug-likeness (QED) is 0.756.